The number of aryl methyl sites for hydroxylation is 1. The predicted octanol–water partition coefficient (Wildman–Crippen LogP) is 4.43. The first-order valence-corrected chi connectivity index (χ1v) is 9.03. The quantitative estimate of drug-likeness (QED) is 0.709. The summed E-state index contributed by atoms with van der Waals surface area (Å²) in [7, 11) is 0. The highest BCUT2D eigenvalue weighted by molar-refractivity contribution is 7.16. The van der Waals surface area contributed by atoms with Gasteiger partial charge in [-0.2, -0.15) is 5.26 Å². The molecule has 1 N–H and O–H groups in total. The van der Waals surface area contributed by atoms with E-state index in [9.17, 15) is 10.1 Å². The average molecular weight is 358 g/mol. The number of amides is 1. The Morgan fingerprint density at radius 3 is 2.56 bits per heavy atom. The summed E-state index contributed by atoms with van der Waals surface area (Å²) in [5.74, 6) is 1.28. The molecule has 0 unspecified atom stereocenters. The molecule has 0 spiro atoms. The molecular formula is C19H22N2O3S. The number of ether oxygens (including phenoxy) is 2. The summed E-state index contributed by atoms with van der Waals surface area (Å²) in [4.78, 5) is 13.1. The van der Waals surface area contributed by atoms with Crippen LogP contribution in [-0.2, 0) is 4.79 Å². The number of nitrogens with one attached hydrogen (secondary N) is 1. The second kappa shape index (κ2) is 9.09. The summed E-state index contributed by atoms with van der Waals surface area (Å²) in [6.45, 7) is 6.75. The van der Waals surface area contributed by atoms with Crippen molar-refractivity contribution in [2.24, 2.45) is 0 Å². The van der Waals surface area contributed by atoms with Crippen LogP contribution in [0.2, 0.25) is 0 Å². The van der Waals surface area contributed by atoms with E-state index in [1.807, 2.05) is 45.0 Å². The minimum atomic E-state index is -0.112. The molecule has 1 aromatic heterocycles. The summed E-state index contributed by atoms with van der Waals surface area (Å²) in [5.41, 5.74) is 1.48. The largest absolute Gasteiger partial charge is 0.490 e. The van der Waals surface area contributed by atoms with Crippen molar-refractivity contribution in [1.29, 1.82) is 5.26 Å². The molecule has 6 heteroatoms. The SMILES string of the molecule is CCOc1ccccc1OCCCC(=O)Nc1sc(C)c(C)c1C#N. The Balaban J connectivity index is 1.82. The predicted molar refractivity (Wildman–Crippen MR) is 99.5 cm³/mol. The van der Waals surface area contributed by atoms with Gasteiger partial charge in [-0.15, -0.1) is 11.3 Å². The monoisotopic (exact) mass is 358 g/mol. The van der Waals surface area contributed by atoms with E-state index in [2.05, 4.69) is 11.4 Å². The third kappa shape index (κ3) is 4.97. The van der Waals surface area contributed by atoms with E-state index in [4.69, 9.17) is 9.47 Å². The molecular weight excluding hydrogens is 336 g/mol. The van der Waals surface area contributed by atoms with Gasteiger partial charge in [0.1, 0.15) is 11.1 Å². The minimum absolute atomic E-state index is 0.112. The number of anilines is 1. The maximum absolute atomic E-state index is 12.1. The van der Waals surface area contributed by atoms with Gasteiger partial charge in [0.15, 0.2) is 11.5 Å². The minimum Gasteiger partial charge on any atom is -0.490 e. The molecule has 25 heavy (non-hydrogen) atoms. The topological polar surface area (TPSA) is 71.3 Å². The number of benzene rings is 1. The molecule has 0 saturated heterocycles. The molecule has 0 aliphatic carbocycles. The smallest absolute Gasteiger partial charge is 0.225 e. The number of para-hydroxylation sites is 2. The molecule has 0 bridgehead atoms. The van der Waals surface area contributed by atoms with Crippen molar-refractivity contribution in [2.75, 3.05) is 18.5 Å². The summed E-state index contributed by atoms with van der Waals surface area (Å²) in [6, 6.07) is 9.64. The zero-order valence-corrected chi connectivity index (χ0v) is 15.5. The second-order valence-corrected chi connectivity index (χ2v) is 6.70. The fourth-order valence-corrected chi connectivity index (χ4v) is 3.32. The molecule has 1 amide bonds. The average Bonchev–Trinajstić information content (AvgIpc) is 2.86. The van der Waals surface area contributed by atoms with Crippen LogP contribution in [0, 0.1) is 25.2 Å². The summed E-state index contributed by atoms with van der Waals surface area (Å²) >= 11 is 1.44. The summed E-state index contributed by atoms with van der Waals surface area (Å²) in [6.07, 6.45) is 0.912. The highest BCUT2D eigenvalue weighted by Crippen LogP contribution is 2.31. The zero-order chi connectivity index (χ0) is 18.2. The van der Waals surface area contributed by atoms with Crippen molar-refractivity contribution >= 4 is 22.2 Å². The van der Waals surface area contributed by atoms with E-state index in [0.29, 0.717) is 48.1 Å². The zero-order valence-electron chi connectivity index (χ0n) is 14.7. The second-order valence-electron chi connectivity index (χ2n) is 5.48. The van der Waals surface area contributed by atoms with Crippen molar-refractivity contribution in [3.63, 3.8) is 0 Å². The van der Waals surface area contributed by atoms with E-state index in [0.717, 1.165) is 10.4 Å². The number of carbonyl (C=O) groups excluding carboxylic acids is 1. The molecule has 2 aromatic rings. The van der Waals surface area contributed by atoms with Crippen molar-refractivity contribution in [2.45, 2.75) is 33.6 Å². The Labute approximate surface area is 152 Å². The van der Waals surface area contributed by atoms with Crippen LogP contribution in [0.4, 0.5) is 5.00 Å². The molecule has 1 heterocycles. The standard InChI is InChI=1S/C19H22N2O3S/c1-4-23-16-8-5-6-9-17(16)24-11-7-10-18(22)21-19-15(12-20)13(2)14(3)25-19/h5-6,8-9H,4,7,10-11H2,1-3H3,(H,21,22). The van der Waals surface area contributed by atoms with E-state index >= 15 is 0 Å². The van der Waals surface area contributed by atoms with Crippen LogP contribution < -0.4 is 14.8 Å². The van der Waals surface area contributed by atoms with E-state index < -0.39 is 0 Å². The molecule has 0 radical (unpaired) electrons. The van der Waals surface area contributed by atoms with Gasteiger partial charge in [-0.25, -0.2) is 0 Å². The molecule has 0 saturated carbocycles. The lowest BCUT2D eigenvalue weighted by Crippen LogP contribution is -2.12. The van der Waals surface area contributed by atoms with Crippen LogP contribution in [-0.4, -0.2) is 19.1 Å². The Morgan fingerprint density at radius 1 is 1.24 bits per heavy atom. The van der Waals surface area contributed by atoms with Crippen molar-refractivity contribution < 1.29 is 14.3 Å². The van der Waals surface area contributed by atoms with Gasteiger partial charge in [0.2, 0.25) is 5.91 Å². The van der Waals surface area contributed by atoms with Crippen LogP contribution in [0.5, 0.6) is 11.5 Å². The van der Waals surface area contributed by atoms with Crippen LogP contribution in [0.15, 0.2) is 24.3 Å². The van der Waals surface area contributed by atoms with Gasteiger partial charge in [0, 0.05) is 11.3 Å². The van der Waals surface area contributed by atoms with Crippen molar-refractivity contribution in [1.82, 2.24) is 0 Å². The van der Waals surface area contributed by atoms with E-state index in [1.165, 1.54) is 11.3 Å². The van der Waals surface area contributed by atoms with Gasteiger partial charge in [-0.1, -0.05) is 12.1 Å². The van der Waals surface area contributed by atoms with Crippen LogP contribution in [0.25, 0.3) is 0 Å². The lowest BCUT2D eigenvalue weighted by atomic mass is 10.2. The third-order valence-electron chi connectivity index (χ3n) is 3.70. The number of nitrogens with zero attached hydrogens (tertiary/aromatic N) is 1. The fraction of sp³-hybridized carbons (Fsp3) is 0.368. The van der Waals surface area contributed by atoms with E-state index in [-0.39, 0.29) is 5.91 Å². The maximum Gasteiger partial charge on any atom is 0.225 e. The van der Waals surface area contributed by atoms with Crippen LogP contribution >= 0.6 is 11.3 Å². The molecule has 0 atom stereocenters. The summed E-state index contributed by atoms with van der Waals surface area (Å²) in [5, 5.41) is 12.7. The molecule has 2 rings (SSSR count). The lowest BCUT2D eigenvalue weighted by Gasteiger charge is -2.11. The molecule has 1 aromatic carbocycles. The van der Waals surface area contributed by atoms with Crippen LogP contribution in [0.3, 0.4) is 0 Å². The Kier molecular flexibility index (Phi) is 6.84. The fourth-order valence-electron chi connectivity index (χ4n) is 2.30. The number of carbonyl (C=O) groups is 1. The number of hydrogen-bond acceptors (Lipinski definition) is 5. The first-order valence-electron chi connectivity index (χ1n) is 8.21. The molecule has 5 nitrogen and oxygen atoms in total. The first kappa shape index (κ1) is 18.8. The number of hydrogen-bond donors (Lipinski definition) is 1. The molecule has 0 aliphatic heterocycles. The number of nitriles is 1. The van der Waals surface area contributed by atoms with Crippen molar-refractivity contribution in [3.8, 4) is 17.6 Å². The van der Waals surface area contributed by atoms with Gasteiger partial charge in [-0.3, -0.25) is 4.79 Å². The van der Waals surface area contributed by atoms with Crippen LogP contribution in [0.1, 0.15) is 35.8 Å². The number of rotatable bonds is 8. The van der Waals surface area contributed by atoms with Gasteiger partial charge in [-0.05, 0) is 44.9 Å². The van der Waals surface area contributed by atoms with Gasteiger partial charge in [0.05, 0.1) is 18.8 Å². The Morgan fingerprint density at radius 2 is 1.92 bits per heavy atom. The van der Waals surface area contributed by atoms with Gasteiger partial charge >= 0.3 is 0 Å². The molecule has 132 valence electrons. The van der Waals surface area contributed by atoms with E-state index in [1.54, 1.807) is 0 Å². The highest BCUT2D eigenvalue weighted by atomic mass is 32.1. The third-order valence-corrected chi connectivity index (χ3v) is 4.83. The van der Waals surface area contributed by atoms with Gasteiger partial charge < -0.3 is 14.8 Å². The highest BCUT2D eigenvalue weighted by Gasteiger charge is 2.14. The van der Waals surface area contributed by atoms with Gasteiger partial charge in [0.25, 0.3) is 0 Å². The van der Waals surface area contributed by atoms with Crippen molar-refractivity contribution in [3.05, 3.63) is 40.3 Å². The summed E-state index contributed by atoms with van der Waals surface area (Å²) < 4.78 is 11.2. The normalized spacial score (nSPS) is 10.2. The molecule has 0 aliphatic rings. The maximum atomic E-state index is 12.1. The Hall–Kier alpha value is -2.52. The first-order chi connectivity index (χ1) is 12.1. The number of thiophene rings is 1. The molecule has 0 fully saturated rings. The lowest BCUT2D eigenvalue weighted by molar-refractivity contribution is -0.116. The Bertz CT molecular complexity index is 777.